The van der Waals surface area contributed by atoms with Gasteiger partial charge in [0.25, 0.3) is 5.56 Å². The van der Waals surface area contributed by atoms with Gasteiger partial charge < -0.3 is 4.98 Å². The molecule has 0 saturated heterocycles. The minimum atomic E-state index is -0.311. The molecule has 0 atom stereocenters. The van der Waals surface area contributed by atoms with Crippen LogP contribution >= 0.6 is 0 Å². The fourth-order valence-electron chi connectivity index (χ4n) is 1.85. The highest BCUT2D eigenvalue weighted by molar-refractivity contribution is 5.85. The van der Waals surface area contributed by atoms with Gasteiger partial charge in [-0.05, 0) is 23.4 Å². The summed E-state index contributed by atoms with van der Waals surface area (Å²) in [5.41, 5.74) is 0.269. The van der Waals surface area contributed by atoms with Crippen molar-refractivity contribution in [1.82, 2.24) is 4.98 Å². The Bertz CT molecular complexity index is 562. The molecule has 0 fully saturated rings. The number of pyridine rings is 1. The summed E-state index contributed by atoms with van der Waals surface area (Å²) in [6.07, 6.45) is 1.58. The number of aromatic nitrogens is 1. The second-order valence-electron chi connectivity index (χ2n) is 3.89. The van der Waals surface area contributed by atoms with E-state index < -0.39 is 0 Å². The van der Waals surface area contributed by atoms with E-state index in [0.717, 1.165) is 5.39 Å². The summed E-state index contributed by atoms with van der Waals surface area (Å²) in [4.78, 5) is 14.2. The highest BCUT2D eigenvalue weighted by Crippen LogP contribution is 2.25. The number of aromatic amines is 1. The van der Waals surface area contributed by atoms with Crippen LogP contribution in [0.4, 0.5) is 4.39 Å². The first-order valence-corrected chi connectivity index (χ1v) is 4.91. The van der Waals surface area contributed by atoms with Crippen molar-refractivity contribution in [2.75, 3.05) is 0 Å². The van der Waals surface area contributed by atoms with Crippen molar-refractivity contribution in [3.63, 3.8) is 0 Å². The number of hydrogen-bond donors (Lipinski definition) is 1. The molecule has 1 aromatic carbocycles. The molecule has 0 aliphatic heterocycles. The second-order valence-corrected chi connectivity index (χ2v) is 3.89. The topological polar surface area (TPSA) is 32.9 Å². The van der Waals surface area contributed by atoms with Gasteiger partial charge in [-0.3, -0.25) is 4.79 Å². The fraction of sp³-hybridized carbons (Fsp3) is 0.250. The monoisotopic (exact) mass is 207 g/mol. The lowest BCUT2D eigenvalue weighted by Crippen LogP contribution is -2.09. The maximum atomic E-state index is 13.6. The Morgan fingerprint density at radius 3 is 2.73 bits per heavy atom. The van der Waals surface area contributed by atoms with Crippen molar-refractivity contribution >= 4 is 10.8 Å². The zero-order valence-electron chi connectivity index (χ0n) is 8.67. The molecule has 0 radical (unpaired) electrons. The molecule has 3 heteroatoms. The lowest BCUT2D eigenvalue weighted by atomic mass is 9.97. The first-order valence-electron chi connectivity index (χ1n) is 4.91. The third kappa shape index (κ3) is 1.54. The van der Waals surface area contributed by atoms with Gasteiger partial charge in [0.1, 0.15) is 5.82 Å². The van der Waals surface area contributed by atoms with Crippen LogP contribution < -0.4 is 5.56 Å². The predicted molar refractivity (Wildman–Crippen MR) is 60.7 cm³/mol. The third-order valence-electron chi connectivity index (χ3n) is 2.51. The van der Waals surface area contributed by atoms with E-state index >= 15 is 0 Å². The second kappa shape index (κ2) is 3.50. The number of H-pyrrole nitrogens is 1. The van der Waals surface area contributed by atoms with Gasteiger partial charge in [0.05, 0.1) is 5.39 Å². The first-order chi connectivity index (χ1) is 7.11. The minimum absolute atomic E-state index is 0. The molecule has 2 rings (SSSR count). The van der Waals surface area contributed by atoms with Crippen LogP contribution in [-0.2, 0) is 0 Å². The summed E-state index contributed by atoms with van der Waals surface area (Å²) >= 11 is 0. The van der Waals surface area contributed by atoms with Gasteiger partial charge >= 0.3 is 0 Å². The summed E-state index contributed by atoms with van der Waals surface area (Å²) in [6, 6.07) is 4.82. The van der Waals surface area contributed by atoms with Gasteiger partial charge in [-0.25, -0.2) is 4.39 Å². The summed E-state index contributed by atoms with van der Waals surface area (Å²) < 4.78 is 13.6. The normalized spacial score (nSPS) is 11.2. The molecule has 1 N–H and O–H groups in total. The lowest BCUT2D eigenvalue weighted by Gasteiger charge is -2.09. The molecule has 1 aromatic heterocycles. The summed E-state index contributed by atoms with van der Waals surface area (Å²) in [5.74, 6) is -0.314. The van der Waals surface area contributed by atoms with E-state index in [0.29, 0.717) is 10.9 Å². The van der Waals surface area contributed by atoms with Crippen LogP contribution in [0.25, 0.3) is 10.8 Å². The smallest absolute Gasteiger partial charge is 0.256 e. The van der Waals surface area contributed by atoms with Crippen LogP contribution in [0.2, 0.25) is 0 Å². The van der Waals surface area contributed by atoms with Crippen LogP contribution in [0.1, 0.15) is 26.8 Å². The fourth-order valence-corrected chi connectivity index (χ4v) is 1.85. The Morgan fingerprint density at radius 2 is 2.07 bits per heavy atom. The van der Waals surface area contributed by atoms with Gasteiger partial charge in [-0.1, -0.05) is 19.9 Å². The summed E-state index contributed by atoms with van der Waals surface area (Å²) in [6.45, 7) is 3.76. The quantitative estimate of drug-likeness (QED) is 0.766. The number of nitrogens with one attached hydrogen (secondary N) is 1. The Kier molecular flexibility index (Phi) is 2.31. The van der Waals surface area contributed by atoms with Gasteiger partial charge in [0, 0.05) is 13.2 Å². The average molecular weight is 207 g/mol. The van der Waals surface area contributed by atoms with Crippen molar-refractivity contribution in [1.29, 1.82) is 0 Å². The molecule has 2 nitrogen and oxygen atoms in total. The molecule has 0 spiro atoms. The van der Waals surface area contributed by atoms with Crippen LogP contribution in [0, 0.1) is 5.82 Å². The number of fused-ring (bicyclic) bond motifs is 1. The number of rotatable bonds is 1. The third-order valence-corrected chi connectivity index (χ3v) is 2.51. The maximum absolute atomic E-state index is 13.6. The van der Waals surface area contributed by atoms with E-state index in [1.54, 1.807) is 18.3 Å². The van der Waals surface area contributed by atoms with E-state index in [1.807, 2.05) is 13.8 Å². The number of benzene rings is 1. The van der Waals surface area contributed by atoms with Gasteiger partial charge in [0.2, 0.25) is 0 Å². The predicted octanol–water partition coefficient (Wildman–Crippen LogP) is 3.04. The zero-order valence-corrected chi connectivity index (χ0v) is 8.67. The van der Waals surface area contributed by atoms with E-state index in [1.165, 1.54) is 6.07 Å². The van der Waals surface area contributed by atoms with Crippen LogP contribution in [-0.4, -0.2) is 4.98 Å². The molecule has 0 saturated carbocycles. The van der Waals surface area contributed by atoms with Gasteiger partial charge in [-0.2, -0.15) is 0 Å². The molecule has 15 heavy (non-hydrogen) atoms. The van der Waals surface area contributed by atoms with Gasteiger partial charge in [0.15, 0.2) is 0 Å². The standard InChI is InChI=1S/C12H12FNO.H2/c1-7(2)10-9(13)4-3-8-5-6-14-12(15)11(8)10;/h3-7H,1-2H3,(H,14,15);1H. The maximum Gasteiger partial charge on any atom is 0.256 e. The molecule has 0 aliphatic carbocycles. The molecule has 0 aliphatic rings. The molecule has 2 aromatic rings. The molecule has 0 bridgehead atoms. The van der Waals surface area contributed by atoms with Crippen LogP contribution in [0.5, 0.6) is 0 Å². The number of halogens is 1. The van der Waals surface area contributed by atoms with Crippen molar-refractivity contribution in [2.45, 2.75) is 19.8 Å². The van der Waals surface area contributed by atoms with Gasteiger partial charge in [-0.15, -0.1) is 0 Å². The van der Waals surface area contributed by atoms with Crippen molar-refractivity contribution in [3.8, 4) is 0 Å². The van der Waals surface area contributed by atoms with E-state index in [4.69, 9.17) is 0 Å². The van der Waals surface area contributed by atoms with E-state index in [2.05, 4.69) is 4.98 Å². The lowest BCUT2D eigenvalue weighted by molar-refractivity contribution is 0.602. The summed E-state index contributed by atoms with van der Waals surface area (Å²) in [5, 5.41) is 1.25. The van der Waals surface area contributed by atoms with Crippen LogP contribution in [0.15, 0.2) is 29.2 Å². The van der Waals surface area contributed by atoms with E-state index in [9.17, 15) is 9.18 Å². The summed E-state index contributed by atoms with van der Waals surface area (Å²) in [7, 11) is 0. The molecular weight excluding hydrogens is 193 g/mol. The molecular formula is C12H14FNO. The highest BCUT2D eigenvalue weighted by Gasteiger charge is 2.13. The van der Waals surface area contributed by atoms with Crippen molar-refractivity contribution in [2.24, 2.45) is 0 Å². The van der Waals surface area contributed by atoms with E-state index in [-0.39, 0.29) is 18.7 Å². The van der Waals surface area contributed by atoms with Crippen LogP contribution in [0.3, 0.4) is 0 Å². The Morgan fingerprint density at radius 1 is 1.33 bits per heavy atom. The minimum Gasteiger partial charge on any atom is -0.329 e. The molecule has 0 amide bonds. The van der Waals surface area contributed by atoms with Crippen molar-refractivity contribution < 1.29 is 5.82 Å². The number of hydrogen-bond acceptors (Lipinski definition) is 1. The molecule has 1 heterocycles. The SMILES string of the molecule is CC(C)c1c(F)ccc2cc[nH]c(=O)c12.[HH]. The van der Waals surface area contributed by atoms with Crippen molar-refractivity contribution in [3.05, 3.63) is 46.1 Å². The molecule has 80 valence electrons. The average Bonchev–Trinajstić information content (AvgIpc) is 2.18. The zero-order chi connectivity index (χ0) is 11.0. The molecule has 0 unspecified atom stereocenters. The Balaban J connectivity index is 0.00000128. The largest absolute Gasteiger partial charge is 0.329 e. The Labute approximate surface area is 88.2 Å². The Hall–Kier alpha value is -1.64. The highest BCUT2D eigenvalue weighted by atomic mass is 19.1. The first kappa shape index (κ1) is 9.90.